The number of ether oxygens (including phenoxy) is 1. The van der Waals surface area contributed by atoms with E-state index < -0.39 is 5.97 Å². The molecule has 2 aromatic rings. The molecule has 0 spiro atoms. The summed E-state index contributed by atoms with van der Waals surface area (Å²) in [6, 6.07) is 1.59. The lowest BCUT2D eigenvalue weighted by Crippen LogP contribution is -2.28. The lowest BCUT2D eigenvalue weighted by atomic mass is 10.1. The fraction of sp³-hybridized carbons (Fsp3) is 0.462. The van der Waals surface area contributed by atoms with Crippen molar-refractivity contribution in [2.24, 2.45) is 0 Å². The van der Waals surface area contributed by atoms with Gasteiger partial charge in [-0.15, -0.1) is 0 Å². The molecule has 0 N–H and O–H groups in total. The number of nitrogens with zero attached hydrogens (tertiary/aromatic N) is 2. The number of fused-ring (bicyclic) bond motifs is 1. The van der Waals surface area contributed by atoms with Crippen LogP contribution in [0.3, 0.4) is 0 Å². The highest BCUT2D eigenvalue weighted by molar-refractivity contribution is 9.10. The van der Waals surface area contributed by atoms with E-state index in [9.17, 15) is 9.59 Å². The van der Waals surface area contributed by atoms with Crippen LogP contribution in [0.5, 0.6) is 0 Å². The van der Waals surface area contributed by atoms with Crippen LogP contribution in [0.2, 0.25) is 0 Å². The molecule has 2 heterocycles. The summed E-state index contributed by atoms with van der Waals surface area (Å²) in [5, 5.41) is 4.63. The molecule has 0 aliphatic rings. The van der Waals surface area contributed by atoms with Gasteiger partial charge in [0.15, 0.2) is 10.3 Å². The van der Waals surface area contributed by atoms with Gasteiger partial charge in [0.25, 0.3) is 5.56 Å². The predicted octanol–water partition coefficient (Wildman–Crippen LogP) is 2.44. The molecule has 0 unspecified atom stereocenters. The summed E-state index contributed by atoms with van der Waals surface area (Å²) < 4.78 is 11.9. The highest BCUT2D eigenvalue weighted by Crippen LogP contribution is 2.26. The van der Waals surface area contributed by atoms with Crippen molar-refractivity contribution in [2.45, 2.75) is 33.2 Å². The zero-order chi connectivity index (χ0) is 14.9. The monoisotopic (exact) mass is 342 g/mol. The number of hydrogen-bond donors (Lipinski definition) is 0. The van der Waals surface area contributed by atoms with Crippen LogP contribution in [-0.2, 0) is 16.1 Å². The molecule has 7 heteroatoms. The first-order valence-corrected chi connectivity index (χ1v) is 7.09. The van der Waals surface area contributed by atoms with Gasteiger partial charge >= 0.3 is 5.97 Å². The molecular weight excluding hydrogens is 328 g/mol. The van der Waals surface area contributed by atoms with E-state index in [1.54, 1.807) is 13.0 Å². The van der Waals surface area contributed by atoms with Gasteiger partial charge in [0.05, 0.1) is 12.0 Å². The van der Waals surface area contributed by atoms with Crippen LogP contribution in [0.15, 0.2) is 19.9 Å². The topological polar surface area (TPSA) is 74.3 Å². The van der Waals surface area contributed by atoms with Crippen molar-refractivity contribution >= 4 is 32.9 Å². The minimum Gasteiger partial charge on any atom is -0.465 e. The van der Waals surface area contributed by atoms with Gasteiger partial charge in [0.2, 0.25) is 0 Å². The van der Waals surface area contributed by atoms with E-state index >= 15 is 0 Å². The van der Waals surface area contributed by atoms with Crippen LogP contribution in [0.25, 0.3) is 11.0 Å². The number of rotatable bonds is 4. The van der Waals surface area contributed by atoms with E-state index in [0.717, 1.165) is 4.68 Å². The normalized spacial score (nSPS) is 11.2. The molecule has 0 saturated carbocycles. The molecule has 0 amide bonds. The summed E-state index contributed by atoms with van der Waals surface area (Å²) in [5.41, 5.74) is 0.721. The van der Waals surface area contributed by atoms with Crippen LogP contribution in [0, 0.1) is 0 Å². The molecule has 2 rings (SSSR count). The Balaban J connectivity index is 2.58. The molecule has 2 aromatic heterocycles. The second kappa shape index (κ2) is 5.78. The molecule has 20 heavy (non-hydrogen) atoms. The maximum Gasteiger partial charge on any atom is 0.327 e. The van der Waals surface area contributed by atoms with Gasteiger partial charge < -0.3 is 9.15 Å². The number of halogens is 1. The standard InChI is InChI=1S/C13H15BrN2O4/c1-4-19-10(17)6-16-13(18)8-5-9(14)20-12(8)11(15-16)7(2)3/h5,7H,4,6H2,1-3H3. The minimum atomic E-state index is -0.487. The molecule has 0 atom stereocenters. The van der Waals surface area contributed by atoms with E-state index in [-0.39, 0.29) is 24.6 Å². The number of esters is 1. The van der Waals surface area contributed by atoms with Crippen molar-refractivity contribution in [3.05, 3.63) is 26.8 Å². The molecule has 6 nitrogen and oxygen atoms in total. The zero-order valence-electron chi connectivity index (χ0n) is 11.5. The second-order valence-corrected chi connectivity index (χ2v) is 5.38. The predicted molar refractivity (Wildman–Crippen MR) is 76.7 cm³/mol. The van der Waals surface area contributed by atoms with E-state index in [4.69, 9.17) is 9.15 Å². The minimum absolute atomic E-state index is 0.0598. The first kappa shape index (κ1) is 14.8. The van der Waals surface area contributed by atoms with Crippen molar-refractivity contribution in [3.63, 3.8) is 0 Å². The number of furan rings is 1. The van der Waals surface area contributed by atoms with Crippen LogP contribution in [-0.4, -0.2) is 22.4 Å². The van der Waals surface area contributed by atoms with Crippen molar-refractivity contribution in [1.82, 2.24) is 9.78 Å². The lowest BCUT2D eigenvalue weighted by molar-refractivity contribution is -0.144. The van der Waals surface area contributed by atoms with Gasteiger partial charge in [-0.25, -0.2) is 4.68 Å². The third kappa shape index (κ3) is 2.77. The first-order chi connectivity index (χ1) is 9.43. The Bertz CT molecular complexity index is 702. The number of hydrogen-bond acceptors (Lipinski definition) is 5. The second-order valence-electron chi connectivity index (χ2n) is 4.60. The van der Waals surface area contributed by atoms with Crippen molar-refractivity contribution in [2.75, 3.05) is 6.61 Å². The average Bonchev–Trinajstić information content (AvgIpc) is 2.74. The summed E-state index contributed by atoms with van der Waals surface area (Å²) in [6.45, 7) is 5.66. The Morgan fingerprint density at radius 2 is 2.25 bits per heavy atom. The quantitative estimate of drug-likeness (QED) is 0.797. The summed E-state index contributed by atoms with van der Waals surface area (Å²) in [4.78, 5) is 23.8. The average molecular weight is 343 g/mol. The van der Waals surface area contributed by atoms with Crippen molar-refractivity contribution < 1.29 is 13.9 Å². The molecular formula is C13H15BrN2O4. The summed E-state index contributed by atoms with van der Waals surface area (Å²) >= 11 is 3.21. The highest BCUT2D eigenvalue weighted by Gasteiger charge is 2.19. The Labute approximate surface area is 123 Å². The molecule has 108 valence electrons. The van der Waals surface area contributed by atoms with Gasteiger partial charge in [-0.1, -0.05) is 13.8 Å². The Hall–Kier alpha value is -1.63. The largest absolute Gasteiger partial charge is 0.465 e. The third-order valence-electron chi connectivity index (χ3n) is 2.76. The number of carbonyl (C=O) groups is 1. The maximum atomic E-state index is 12.3. The fourth-order valence-electron chi connectivity index (χ4n) is 1.88. The Kier molecular flexibility index (Phi) is 4.27. The van der Waals surface area contributed by atoms with E-state index in [1.165, 1.54) is 0 Å². The van der Waals surface area contributed by atoms with Gasteiger partial charge in [-0.2, -0.15) is 5.10 Å². The van der Waals surface area contributed by atoms with Gasteiger partial charge in [-0.05, 0) is 22.9 Å². The van der Waals surface area contributed by atoms with E-state index in [0.29, 0.717) is 21.3 Å². The van der Waals surface area contributed by atoms with Crippen molar-refractivity contribution in [1.29, 1.82) is 0 Å². The smallest absolute Gasteiger partial charge is 0.327 e. The Morgan fingerprint density at radius 3 is 2.85 bits per heavy atom. The highest BCUT2D eigenvalue weighted by atomic mass is 79.9. The molecule has 0 fully saturated rings. The van der Waals surface area contributed by atoms with Crippen LogP contribution in [0.1, 0.15) is 32.4 Å². The molecule has 0 aliphatic heterocycles. The SMILES string of the molecule is CCOC(=O)Cn1nc(C(C)C)c2oc(Br)cc2c1=O. The maximum absolute atomic E-state index is 12.3. The third-order valence-corrected chi connectivity index (χ3v) is 3.15. The summed E-state index contributed by atoms with van der Waals surface area (Å²) in [7, 11) is 0. The summed E-state index contributed by atoms with van der Waals surface area (Å²) in [6.07, 6.45) is 0. The number of carbonyl (C=O) groups excluding carboxylic acids is 1. The summed E-state index contributed by atoms with van der Waals surface area (Å²) in [5.74, 6) is -0.427. The van der Waals surface area contributed by atoms with E-state index in [1.807, 2.05) is 13.8 Å². The van der Waals surface area contributed by atoms with Gasteiger partial charge in [0.1, 0.15) is 12.2 Å². The zero-order valence-corrected chi connectivity index (χ0v) is 13.1. The van der Waals surface area contributed by atoms with Gasteiger partial charge in [-0.3, -0.25) is 9.59 Å². The molecule has 0 aliphatic carbocycles. The molecule has 0 saturated heterocycles. The first-order valence-electron chi connectivity index (χ1n) is 6.29. The van der Waals surface area contributed by atoms with Crippen LogP contribution >= 0.6 is 15.9 Å². The number of aromatic nitrogens is 2. The molecule has 0 aromatic carbocycles. The van der Waals surface area contributed by atoms with Gasteiger partial charge in [0, 0.05) is 12.0 Å². The molecule has 0 radical (unpaired) electrons. The Morgan fingerprint density at radius 1 is 1.55 bits per heavy atom. The lowest BCUT2D eigenvalue weighted by Gasteiger charge is -2.09. The van der Waals surface area contributed by atoms with Crippen LogP contribution < -0.4 is 5.56 Å². The van der Waals surface area contributed by atoms with Crippen molar-refractivity contribution in [3.8, 4) is 0 Å². The fourth-order valence-corrected chi connectivity index (χ4v) is 2.27. The van der Waals surface area contributed by atoms with E-state index in [2.05, 4.69) is 21.0 Å². The molecule has 0 bridgehead atoms. The van der Waals surface area contributed by atoms with Crippen LogP contribution in [0.4, 0.5) is 0 Å².